The lowest BCUT2D eigenvalue weighted by atomic mass is 10.2. The molecule has 0 bridgehead atoms. The number of nitrogens with two attached hydrogens (primary N) is 1. The van der Waals surface area contributed by atoms with E-state index in [-0.39, 0.29) is 5.91 Å². The summed E-state index contributed by atoms with van der Waals surface area (Å²) in [5.41, 5.74) is 8.18. The van der Waals surface area contributed by atoms with Crippen LogP contribution in [0.25, 0.3) is 0 Å². The first-order valence-corrected chi connectivity index (χ1v) is 8.62. The summed E-state index contributed by atoms with van der Waals surface area (Å²) in [7, 11) is 1.92. The fraction of sp³-hybridized carbons (Fsp3) is 0.538. The number of hydrogen-bond acceptors (Lipinski definition) is 6. The fourth-order valence-corrected chi connectivity index (χ4v) is 3.58. The Morgan fingerprint density at radius 1 is 1.43 bits per heavy atom. The maximum absolute atomic E-state index is 10.8. The summed E-state index contributed by atoms with van der Waals surface area (Å²) in [5.74, 6) is 1.47. The smallest absolute Gasteiger partial charge is 0.217 e. The minimum atomic E-state index is -0.313. The third kappa shape index (κ3) is 4.53. The summed E-state index contributed by atoms with van der Waals surface area (Å²) in [4.78, 5) is 16.4. The van der Waals surface area contributed by atoms with Gasteiger partial charge in [0.2, 0.25) is 5.91 Å². The maximum atomic E-state index is 10.8. The molecule has 0 radical (unpaired) electrons. The van der Waals surface area contributed by atoms with Gasteiger partial charge in [0.05, 0.1) is 11.2 Å². The molecule has 6 nitrogen and oxygen atoms in total. The molecule has 8 heteroatoms. The monoisotopic (exact) mass is 325 g/mol. The van der Waals surface area contributed by atoms with Crippen LogP contribution in [0.2, 0.25) is 0 Å². The lowest BCUT2D eigenvalue weighted by Gasteiger charge is -2.03. The lowest BCUT2D eigenvalue weighted by molar-refractivity contribution is -0.118. The molecule has 21 heavy (non-hydrogen) atoms. The minimum absolute atomic E-state index is 0.307. The number of carbonyl (C=O) groups is 1. The van der Waals surface area contributed by atoms with Crippen molar-refractivity contribution in [2.45, 2.75) is 37.8 Å². The molecule has 2 aromatic heterocycles. The first-order valence-electron chi connectivity index (χ1n) is 6.76. The van der Waals surface area contributed by atoms with Crippen molar-refractivity contribution < 1.29 is 4.79 Å². The number of thioether (sulfide) groups is 1. The van der Waals surface area contributed by atoms with E-state index in [1.54, 1.807) is 23.1 Å². The van der Waals surface area contributed by atoms with Crippen molar-refractivity contribution in [3.63, 3.8) is 0 Å². The van der Waals surface area contributed by atoms with E-state index in [0.29, 0.717) is 12.8 Å². The van der Waals surface area contributed by atoms with Crippen LogP contribution in [-0.4, -0.2) is 31.4 Å². The maximum Gasteiger partial charge on any atom is 0.217 e. The highest BCUT2D eigenvalue weighted by Gasteiger charge is 2.10. The number of thiazole rings is 1. The largest absolute Gasteiger partial charge is 0.370 e. The number of aryl methyl sites for hydroxylation is 3. The first-order chi connectivity index (χ1) is 10.1. The molecule has 0 fully saturated rings. The molecular formula is C13H19N5OS2. The van der Waals surface area contributed by atoms with Crippen molar-refractivity contribution in [2.75, 3.05) is 5.75 Å². The van der Waals surface area contributed by atoms with Gasteiger partial charge in [0.25, 0.3) is 0 Å². The van der Waals surface area contributed by atoms with Gasteiger partial charge in [-0.05, 0) is 19.8 Å². The third-order valence-electron chi connectivity index (χ3n) is 3.14. The second-order valence-electron chi connectivity index (χ2n) is 4.74. The summed E-state index contributed by atoms with van der Waals surface area (Å²) >= 11 is 3.40. The zero-order valence-electron chi connectivity index (χ0n) is 12.2. The molecule has 2 N–H and O–H groups in total. The van der Waals surface area contributed by atoms with Gasteiger partial charge >= 0.3 is 0 Å². The molecule has 0 saturated heterocycles. The summed E-state index contributed by atoms with van der Waals surface area (Å²) in [6.45, 7) is 2.05. The van der Waals surface area contributed by atoms with Crippen LogP contribution in [-0.2, 0) is 24.7 Å². The van der Waals surface area contributed by atoms with Gasteiger partial charge in [-0.3, -0.25) is 4.79 Å². The van der Waals surface area contributed by atoms with Crippen LogP contribution < -0.4 is 5.73 Å². The van der Waals surface area contributed by atoms with E-state index in [2.05, 4.69) is 15.2 Å². The van der Waals surface area contributed by atoms with Crippen molar-refractivity contribution in [3.8, 4) is 0 Å². The standard InChI is InChI=1S/C13H19N5OS2/c1-9-10(21-8-15-9)4-3-7-20-13-17-16-12(18(13)2)6-5-11(14)19/h8H,3-7H2,1-2H3,(H2,14,19). The van der Waals surface area contributed by atoms with E-state index in [9.17, 15) is 4.79 Å². The zero-order chi connectivity index (χ0) is 15.2. The number of hydrogen-bond donors (Lipinski definition) is 1. The molecule has 2 rings (SSSR count). The molecule has 0 aromatic carbocycles. The Morgan fingerprint density at radius 3 is 2.90 bits per heavy atom. The molecule has 0 saturated carbocycles. The van der Waals surface area contributed by atoms with E-state index >= 15 is 0 Å². The van der Waals surface area contributed by atoms with Gasteiger partial charge in [0.15, 0.2) is 5.16 Å². The van der Waals surface area contributed by atoms with Gasteiger partial charge in [-0.2, -0.15) is 0 Å². The Morgan fingerprint density at radius 2 is 2.24 bits per heavy atom. The van der Waals surface area contributed by atoms with Gasteiger partial charge in [-0.15, -0.1) is 21.5 Å². The molecule has 0 aliphatic carbocycles. The third-order valence-corrected chi connectivity index (χ3v) is 5.25. The molecule has 0 atom stereocenters. The first kappa shape index (κ1) is 16.0. The number of rotatable bonds is 8. The van der Waals surface area contributed by atoms with Gasteiger partial charge in [0.1, 0.15) is 5.82 Å². The molecular weight excluding hydrogens is 306 g/mol. The molecule has 0 unspecified atom stereocenters. The highest BCUT2D eigenvalue weighted by atomic mass is 32.2. The van der Waals surface area contributed by atoms with E-state index in [1.165, 1.54) is 4.88 Å². The van der Waals surface area contributed by atoms with E-state index in [4.69, 9.17) is 5.73 Å². The number of carbonyl (C=O) groups excluding carboxylic acids is 1. The Balaban J connectivity index is 1.78. The van der Waals surface area contributed by atoms with Crippen molar-refractivity contribution in [1.29, 1.82) is 0 Å². The average molecular weight is 325 g/mol. The normalized spacial score (nSPS) is 11.0. The quantitative estimate of drug-likeness (QED) is 0.590. The molecule has 114 valence electrons. The Labute approximate surface area is 132 Å². The predicted octanol–water partition coefficient (Wildman–Crippen LogP) is 1.72. The van der Waals surface area contributed by atoms with Gasteiger partial charge in [-0.1, -0.05) is 11.8 Å². The average Bonchev–Trinajstić information content (AvgIpc) is 3.00. The highest BCUT2D eigenvalue weighted by molar-refractivity contribution is 7.99. The van der Waals surface area contributed by atoms with Gasteiger partial charge < -0.3 is 10.3 Å². The van der Waals surface area contributed by atoms with Gasteiger partial charge in [-0.25, -0.2) is 4.98 Å². The van der Waals surface area contributed by atoms with E-state index < -0.39 is 0 Å². The van der Waals surface area contributed by atoms with Crippen LogP contribution in [0.15, 0.2) is 10.7 Å². The van der Waals surface area contributed by atoms with Crippen LogP contribution in [0.3, 0.4) is 0 Å². The van der Waals surface area contributed by atoms with Crippen LogP contribution in [0.1, 0.15) is 29.2 Å². The number of amides is 1. The Kier molecular flexibility index (Phi) is 5.75. The molecule has 1 amide bonds. The second-order valence-corrected chi connectivity index (χ2v) is 6.74. The zero-order valence-corrected chi connectivity index (χ0v) is 13.8. The van der Waals surface area contributed by atoms with Crippen molar-refractivity contribution >= 4 is 29.0 Å². The van der Waals surface area contributed by atoms with E-state index in [0.717, 1.165) is 35.3 Å². The predicted molar refractivity (Wildman–Crippen MR) is 84.4 cm³/mol. The van der Waals surface area contributed by atoms with E-state index in [1.807, 2.05) is 24.0 Å². The Bertz CT molecular complexity index is 607. The van der Waals surface area contributed by atoms with Crippen LogP contribution in [0.5, 0.6) is 0 Å². The van der Waals surface area contributed by atoms with Crippen LogP contribution in [0.4, 0.5) is 0 Å². The van der Waals surface area contributed by atoms with Crippen molar-refractivity contribution in [1.82, 2.24) is 19.7 Å². The Hall–Kier alpha value is -1.41. The SMILES string of the molecule is Cc1ncsc1CCCSc1nnc(CCC(N)=O)n1C. The van der Waals surface area contributed by atoms with Crippen LogP contribution >= 0.6 is 23.1 Å². The number of nitrogens with zero attached hydrogens (tertiary/aromatic N) is 4. The number of aromatic nitrogens is 4. The molecule has 2 aromatic rings. The topological polar surface area (TPSA) is 86.7 Å². The summed E-state index contributed by atoms with van der Waals surface area (Å²) in [6, 6.07) is 0. The summed E-state index contributed by atoms with van der Waals surface area (Å²) in [6.07, 6.45) is 2.98. The summed E-state index contributed by atoms with van der Waals surface area (Å²) < 4.78 is 1.94. The highest BCUT2D eigenvalue weighted by Crippen LogP contribution is 2.20. The molecule has 0 aliphatic rings. The minimum Gasteiger partial charge on any atom is -0.370 e. The lowest BCUT2D eigenvalue weighted by Crippen LogP contribution is -2.12. The van der Waals surface area contributed by atoms with Crippen molar-refractivity contribution in [2.24, 2.45) is 12.8 Å². The number of primary amides is 1. The summed E-state index contributed by atoms with van der Waals surface area (Å²) in [5, 5.41) is 9.15. The van der Waals surface area contributed by atoms with Crippen LogP contribution in [0, 0.1) is 6.92 Å². The molecule has 0 aliphatic heterocycles. The molecule has 2 heterocycles. The van der Waals surface area contributed by atoms with Gasteiger partial charge in [0, 0.05) is 30.5 Å². The second kappa shape index (κ2) is 7.56. The van der Waals surface area contributed by atoms with Crippen molar-refractivity contribution in [3.05, 3.63) is 21.9 Å². The fourth-order valence-electron chi connectivity index (χ4n) is 1.89. The molecule has 0 spiro atoms.